The second-order valence-corrected chi connectivity index (χ2v) is 21.0. The second-order valence-electron chi connectivity index (χ2n) is 20.0. The summed E-state index contributed by atoms with van der Waals surface area (Å²) in [5, 5.41) is 2.45. The molecule has 360 valence electrons. The fourth-order valence-electron chi connectivity index (χ4n) is 12.5. The third-order valence-electron chi connectivity index (χ3n) is 15.7. The largest absolute Gasteiger partial charge is 0.458 e. The lowest BCUT2D eigenvalue weighted by Gasteiger charge is -2.42. The van der Waals surface area contributed by atoms with Crippen LogP contribution in [0.5, 0.6) is 23.0 Å². The van der Waals surface area contributed by atoms with Crippen molar-refractivity contribution in [1.82, 2.24) is 0 Å². The third-order valence-corrected chi connectivity index (χ3v) is 16.8. The average Bonchev–Trinajstić information content (AvgIpc) is 4.07. The fraction of sp³-hybridized carbons (Fsp3) is 0. The lowest BCUT2D eigenvalue weighted by molar-refractivity contribution is 0.466. The summed E-state index contributed by atoms with van der Waals surface area (Å²) in [4.78, 5) is 9.57. The van der Waals surface area contributed by atoms with Gasteiger partial charge in [0.2, 0.25) is 0 Å². The number of anilines is 12. The third kappa shape index (κ3) is 6.83. The lowest BCUT2D eigenvalue weighted by atomic mass is 9.31. The van der Waals surface area contributed by atoms with Crippen LogP contribution in [-0.2, 0) is 0 Å². The van der Waals surface area contributed by atoms with Gasteiger partial charge in [0.1, 0.15) is 23.0 Å². The highest BCUT2D eigenvalue weighted by molar-refractivity contribution is 7.26. The van der Waals surface area contributed by atoms with Crippen LogP contribution in [0.15, 0.2) is 267 Å². The monoisotopic (exact) mass is 1000 g/mol. The van der Waals surface area contributed by atoms with E-state index in [0.29, 0.717) is 0 Å². The number of ether oxygens (including phenoxy) is 2. The van der Waals surface area contributed by atoms with Crippen LogP contribution >= 0.6 is 11.3 Å². The maximum absolute atomic E-state index is 7.51. The van der Waals surface area contributed by atoms with Crippen molar-refractivity contribution >= 4 is 135 Å². The summed E-state index contributed by atoms with van der Waals surface area (Å²) in [5.41, 5.74) is 18.7. The van der Waals surface area contributed by atoms with Crippen LogP contribution in [0.1, 0.15) is 0 Å². The van der Waals surface area contributed by atoms with E-state index in [1.54, 1.807) is 0 Å². The van der Waals surface area contributed by atoms with E-state index in [2.05, 4.69) is 287 Å². The molecule has 0 aliphatic carbocycles. The molecular formula is C68H44B2N4O2S. The van der Waals surface area contributed by atoms with E-state index in [9.17, 15) is 0 Å². The van der Waals surface area contributed by atoms with Crippen molar-refractivity contribution in [2.24, 2.45) is 0 Å². The molecule has 0 fully saturated rings. The Morgan fingerprint density at radius 3 is 1.29 bits per heavy atom. The Morgan fingerprint density at radius 2 is 0.740 bits per heavy atom. The van der Waals surface area contributed by atoms with E-state index in [-0.39, 0.29) is 13.4 Å². The SMILES string of the molecule is c1ccc(N(c2ccccc2)c2cc3c4c(c2)N(c2ccccc2)c2ccccc2B4c2cc4c(cc2O3)Oc2cc(N(c3ccccc3)c3ccccc3)cc3c2B4c2c(sc4ccccc24)N3c2ccccc2)cc1. The van der Waals surface area contributed by atoms with Crippen LogP contribution in [-0.4, -0.2) is 13.4 Å². The van der Waals surface area contributed by atoms with Gasteiger partial charge in [-0.1, -0.05) is 152 Å². The van der Waals surface area contributed by atoms with E-state index >= 15 is 0 Å². The van der Waals surface area contributed by atoms with E-state index < -0.39 is 0 Å². The molecule has 5 heterocycles. The van der Waals surface area contributed by atoms with Gasteiger partial charge in [0, 0.05) is 74.1 Å². The van der Waals surface area contributed by atoms with Gasteiger partial charge in [-0.15, -0.1) is 11.3 Å². The first-order valence-electron chi connectivity index (χ1n) is 26.2. The normalized spacial score (nSPS) is 13.0. The number of rotatable bonds is 8. The van der Waals surface area contributed by atoms with Crippen molar-refractivity contribution in [1.29, 1.82) is 0 Å². The van der Waals surface area contributed by atoms with E-state index in [4.69, 9.17) is 9.47 Å². The minimum Gasteiger partial charge on any atom is -0.458 e. The molecule has 12 aromatic rings. The molecule has 1 aromatic heterocycles. The topological polar surface area (TPSA) is 31.4 Å². The summed E-state index contributed by atoms with van der Waals surface area (Å²) in [6, 6.07) is 95.8. The molecule has 0 saturated carbocycles. The predicted octanol–water partition coefficient (Wildman–Crippen LogP) is 14.7. The van der Waals surface area contributed by atoms with Crippen LogP contribution in [0.2, 0.25) is 0 Å². The number of nitrogens with zero attached hydrogens (tertiary/aromatic N) is 4. The molecular weight excluding hydrogens is 958 g/mol. The van der Waals surface area contributed by atoms with Gasteiger partial charge in [-0.25, -0.2) is 0 Å². The van der Waals surface area contributed by atoms with Crippen molar-refractivity contribution in [3.63, 3.8) is 0 Å². The minimum absolute atomic E-state index is 0.155. The molecule has 4 aliphatic heterocycles. The Morgan fingerprint density at radius 1 is 0.312 bits per heavy atom. The van der Waals surface area contributed by atoms with Crippen LogP contribution < -0.4 is 61.9 Å². The Kier molecular flexibility index (Phi) is 9.90. The molecule has 0 amide bonds. The van der Waals surface area contributed by atoms with Gasteiger partial charge >= 0.3 is 0 Å². The Hall–Kier alpha value is -9.69. The average molecular weight is 1000 g/mol. The van der Waals surface area contributed by atoms with Gasteiger partial charge in [-0.3, -0.25) is 0 Å². The van der Waals surface area contributed by atoms with Crippen LogP contribution in [0.3, 0.4) is 0 Å². The van der Waals surface area contributed by atoms with Crippen LogP contribution in [0.4, 0.5) is 67.6 Å². The van der Waals surface area contributed by atoms with Crippen molar-refractivity contribution in [3.8, 4) is 23.0 Å². The first-order chi connectivity index (χ1) is 38.2. The zero-order valence-electron chi connectivity index (χ0n) is 41.6. The van der Waals surface area contributed by atoms with Crippen molar-refractivity contribution in [3.05, 3.63) is 267 Å². The zero-order valence-corrected chi connectivity index (χ0v) is 42.4. The molecule has 0 spiro atoms. The fourth-order valence-corrected chi connectivity index (χ4v) is 13.8. The molecule has 0 atom stereocenters. The lowest BCUT2D eigenvalue weighted by Crippen LogP contribution is -2.63. The van der Waals surface area contributed by atoms with E-state index in [1.807, 2.05) is 11.3 Å². The molecule has 4 aliphatic rings. The highest BCUT2D eigenvalue weighted by atomic mass is 32.1. The van der Waals surface area contributed by atoms with Gasteiger partial charge in [-0.05, 0) is 135 Å². The Labute approximate surface area is 451 Å². The quantitative estimate of drug-likeness (QED) is 0.141. The molecule has 0 radical (unpaired) electrons. The predicted molar refractivity (Wildman–Crippen MR) is 323 cm³/mol. The van der Waals surface area contributed by atoms with Gasteiger partial charge in [-0.2, -0.15) is 0 Å². The van der Waals surface area contributed by atoms with Gasteiger partial charge < -0.3 is 29.1 Å². The summed E-state index contributed by atoms with van der Waals surface area (Å²) < 4.78 is 16.2. The van der Waals surface area contributed by atoms with Crippen LogP contribution in [0, 0.1) is 0 Å². The Balaban J connectivity index is 0.952. The number of hydrogen-bond donors (Lipinski definition) is 0. The maximum atomic E-state index is 7.51. The summed E-state index contributed by atoms with van der Waals surface area (Å²) in [6.07, 6.45) is 0. The number of benzene rings is 11. The number of para-hydroxylation sites is 7. The minimum atomic E-state index is -0.163. The summed E-state index contributed by atoms with van der Waals surface area (Å²) in [6.45, 7) is -0.317. The molecule has 11 aromatic carbocycles. The molecule has 0 N–H and O–H groups in total. The van der Waals surface area contributed by atoms with E-state index in [0.717, 1.165) is 107 Å². The maximum Gasteiger partial charge on any atom is 0.258 e. The first-order valence-corrected chi connectivity index (χ1v) is 27.0. The molecule has 9 heteroatoms. The zero-order chi connectivity index (χ0) is 50.6. The summed E-state index contributed by atoms with van der Waals surface area (Å²) in [7, 11) is 0. The highest BCUT2D eigenvalue weighted by Crippen LogP contribution is 2.51. The van der Waals surface area contributed by atoms with E-state index in [1.165, 1.54) is 26.0 Å². The molecule has 16 rings (SSSR count). The van der Waals surface area contributed by atoms with Gasteiger partial charge in [0.15, 0.2) is 0 Å². The Bertz CT molecular complexity index is 4180. The molecule has 0 saturated heterocycles. The van der Waals surface area contributed by atoms with Crippen LogP contribution in [0.25, 0.3) is 10.1 Å². The first kappa shape index (κ1) is 43.7. The number of hydrogen-bond acceptors (Lipinski definition) is 7. The molecule has 6 nitrogen and oxygen atoms in total. The molecule has 0 unspecified atom stereocenters. The summed E-state index contributed by atoms with van der Waals surface area (Å²) >= 11 is 1.86. The number of thiophene rings is 1. The molecule has 77 heavy (non-hydrogen) atoms. The van der Waals surface area contributed by atoms with Crippen molar-refractivity contribution < 1.29 is 9.47 Å². The van der Waals surface area contributed by atoms with Gasteiger partial charge in [0.05, 0.1) is 16.4 Å². The second kappa shape index (κ2) is 17.5. The van der Waals surface area contributed by atoms with Crippen molar-refractivity contribution in [2.45, 2.75) is 0 Å². The van der Waals surface area contributed by atoms with Gasteiger partial charge in [0.25, 0.3) is 13.4 Å². The van der Waals surface area contributed by atoms with Crippen molar-refractivity contribution in [2.75, 3.05) is 19.6 Å². The smallest absolute Gasteiger partial charge is 0.258 e. The molecule has 0 bridgehead atoms. The number of fused-ring (bicyclic) bond motifs is 10. The summed E-state index contributed by atoms with van der Waals surface area (Å²) in [5.74, 6) is 3.20. The standard InChI is InChI=1S/C68H44B2N4O2S/c1-7-23-45(24-8-1)71(46-25-9-2-10-26-46)51-39-58-66-62(41-51)75-60-44-61-56(43-55(60)69(66)54-36-20-21-37-57(54)73(58)49-31-15-5-16-32-49)70-65-53-35-19-22-38-64(53)77-68(65)74(50-33-17-6-18-34-50)59-40-52(42-63(76-61)67(59)70)72(47-27-11-3-12-28-47)48-29-13-4-14-30-48/h1-44H. The highest BCUT2D eigenvalue weighted by Gasteiger charge is 2.48.